The molecule has 4 heterocycles. The number of esters is 1. The van der Waals surface area contributed by atoms with Crippen LogP contribution in [0.2, 0.25) is 0 Å². The van der Waals surface area contributed by atoms with Gasteiger partial charge < -0.3 is 14.4 Å². The lowest BCUT2D eigenvalue weighted by molar-refractivity contribution is -0.145. The van der Waals surface area contributed by atoms with E-state index in [-0.39, 0.29) is 11.4 Å². The average Bonchev–Trinajstić information content (AvgIpc) is 3.28. The molecule has 0 radical (unpaired) electrons. The van der Waals surface area contributed by atoms with Gasteiger partial charge in [0.1, 0.15) is 11.9 Å². The van der Waals surface area contributed by atoms with Crippen LogP contribution in [0.3, 0.4) is 0 Å². The molecule has 0 aromatic carbocycles. The molecule has 4 rings (SSSR count). The predicted molar refractivity (Wildman–Crippen MR) is 109 cm³/mol. The van der Waals surface area contributed by atoms with E-state index < -0.39 is 22.0 Å². The second-order valence-electron chi connectivity index (χ2n) is 6.90. The van der Waals surface area contributed by atoms with Crippen molar-refractivity contribution in [1.29, 1.82) is 0 Å². The molecule has 1 atom stereocenters. The van der Waals surface area contributed by atoms with Crippen LogP contribution in [0.5, 0.6) is 0 Å². The molecule has 0 spiro atoms. The number of carbonyl (C=O) groups is 1. The zero-order valence-corrected chi connectivity index (χ0v) is 18.0. The van der Waals surface area contributed by atoms with Crippen LogP contribution in [0.4, 0.5) is 5.82 Å². The molecule has 8 nitrogen and oxygen atoms in total. The summed E-state index contributed by atoms with van der Waals surface area (Å²) in [4.78, 5) is 20.6. The molecule has 2 aliphatic heterocycles. The lowest BCUT2D eigenvalue weighted by Gasteiger charge is -2.27. The van der Waals surface area contributed by atoms with Crippen molar-refractivity contribution in [2.45, 2.75) is 30.8 Å². The van der Waals surface area contributed by atoms with Gasteiger partial charge in [0.05, 0.1) is 31.8 Å². The second kappa shape index (κ2) is 8.02. The standard InChI is InChI=1S/C19H23N3O5S2/c1-3-14(19(23)26-2)22-12-16-17(29(22,24)25)10-15(28-16)13-4-5-18(20-11-13)21-6-8-27-9-7-21/h4-5,10-11,14H,3,6-9,12H2,1-2H3. The number of rotatable bonds is 5. The number of hydrogen-bond acceptors (Lipinski definition) is 8. The van der Waals surface area contributed by atoms with Gasteiger partial charge >= 0.3 is 5.97 Å². The summed E-state index contributed by atoms with van der Waals surface area (Å²) in [5, 5.41) is 0. The van der Waals surface area contributed by atoms with Gasteiger partial charge in [-0.25, -0.2) is 13.4 Å². The average molecular weight is 438 g/mol. The minimum Gasteiger partial charge on any atom is -0.468 e. The minimum atomic E-state index is -3.72. The summed E-state index contributed by atoms with van der Waals surface area (Å²) in [7, 11) is -2.45. The molecule has 0 aliphatic carbocycles. The lowest BCUT2D eigenvalue weighted by Crippen LogP contribution is -2.41. The molecule has 0 amide bonds. The fourth-order valence-corrected chi connectivity index (χ4v) is 7.03. The molecule has 156 valence electrons. The highest BCUT2D eigenvalue weighted by molar-refractivity contribution is 7.89. The summed E-state index contributed by atoms with van der Waals surface area (Å²) in [6, 6.07) is 4.80. The van der Waals surface area contributed by atoms with Crippen LogP contribution < -0.4 is 4.90 Å². The Labute approximate surface area is 174 Å². The van der Waals surface area contributed by atoms with E-state index in [0.29, 0.717) is 19.6 Å². The molecule has 10 heteroatoms. The van der Waals surface area contributed by atoms with E-state index in [0.717, 1.165) is 34.2 Å². The van der Waals surface area contributed by atoms with Crippen molar-refractivity contribution in [2.75, 3.05) is 38.3 Å². The maximum atomic E-state index is 13.0. The number of morpholine rings is 1. The molecular weight excluding hydrogens is 414 g/mol. The van der Waals surface area contributed by atoms with Crippen LogP contribution in [0.25, 0.3) is 10.4 Å². The lowest BCUT2D eigenvalue weighted by atomic mass is 10.2. The Morgan fingerprint density at radius 1 is 1.34 bits per heavy atom. The zero-order valence-electron chi connectivity index (χ0n) is 16.3. The van der Waals surface area contributed by atoms with Gasteiger partial charge in [0.15, 0.2) is 0 Å². The summed E-state index contributed by atoms with van der Waals surface area (Å²) in [6.07, 6.45) is 2.14. The Morgan fingerprint density at radius 2 is 2.10 bits per heavy atom. The van der Waals surface area contributed by atoms with Gasteiger partial charge in [-0.05, 0) is 24.6 Å². The summed E-state index contributed by atoms with van der Waals surface area (Å²) < 4.78 is 37.4. The monoisotopic (exact) mass is 437 g/mol. The van der Waals surface area contributed by atoms with E-state index in [9.17, 15) is 13.2 Å². The molecule has 1 fully saturated rings. The number of pyridine rings is 1. The van der Waals surface area contributed by atoms with Crippen LogP contribution in [0.15, 0.2) is 29.3 Å². The first-order chi connectivity index (χ1) is 14.0. The van der Waals surface area contributed by atoms with Crippen molar-refractivity contribution in [1.82, 2.24) is 9.29 Å². The highest BCUT2D eigenvalue weighted by atomic mass is 32.2. The Balaban J connectivity index is 1.57. The predicted octanol–water partition coefficient (Wildman–Crippen LogP) is 2.10. The number of ether oxygens (including phenoxy) is 2. The van der Waals surface area contributed by atoms with E-state index in [2.05, 4.69) is 9.88 Å². The Morgan fingerprint density at radius 3 is 2.69 bits per heavy atom. The number of carbonyl (C=O) groups excluding carboxylic acids is 1. The number of thiophene rings is 1. The van der Waals surface area contributed by atoms with Crippen LogP contribution in [-0.4, -0.2) is 63.1 Å². The van der Waals surface area contributed by atoms with E-state index >= 15 is 0 Å². The van der Waals surface area contributed by atoms with Crippen molar-refractivity contribution >= 4 is 33.1 Å². The third-order valence-corrected chi connectivity index (χ3v) is 8.45. The quantitative estimate of drug-likeness (QED) is 0.662. The number of nitrogens with zero attached hydrogens (tertiary/aromatic N) is 3. The van der Waals surface area contributed by atoms with Gasteiger partial charge in [-0.15, -0.1) is 11.3 Å². The van der Waals surface area contributed by atoms with Crippen molar-refractivity contribution in [3.8, 4) is 10.4 Å². The normalized spacial score (nSPS) is 19.7. The molecule has 2 aliphatic rings. The van der Waals surface area contributed by atoms with Crippen molar-refractivity contribution in [3.05, 3.63) is 29.3 Å². The maximum absolute atomic E-state index is 13.0. The van der Waals surface area contributed by atoms with Gasteiger partial charge in [-0.2, -0.15) is 4.31 Å². The zero-order chi connectivity index (χ0) is 20.6. The van der Waals surface area contributed by atoms with Crippen LogP contribution >= 0.6 is 11.3 Å². The van der Waals surface area contributed by atoms with Crippen molar-refractivity contribution in [3.63, 3.8) is 0 Å². The number of hydrogen-bond donors (Lipinski definition) is 0. The van der Waals surface area contributed by atoms with Gasteiger partial charge in [-0.3, -0.25) is 4.79 Å². The summed E-state index contributed by atoms with van der Waals surface area (Å²) in [5.41, 5.74) is 0.878. The molecule has 1 unspecified atom stereocenters. The topological polar surface area (TPSA) is 89.0 Å². The smallest absolute Gasteiger partial charge is 0.324 e. The molecular formula is C19H23N3O5S2. The third-order valence-electron chi connectivity index (χ3n) is 5.23. The highest BCUT2D eigenvalue weighted by Crippen LogP contribution is 2.42. The fraction of sp³-hybridized carbons (Fsp3) is 0.474. The van der Waals surface area contributed by atoms with E-state index in [1.165, 1.54) is 22.8 Å². The fourth-order valence-electron chi connectivity index (χ4n) is 3.65. The molecule has 0 bridgehead atoms. The molecule has 2 aromatic rings. The molecule has 1 saturated heterocycles. The van der Waals surface area contributed by atoms with Crippen molar-refractivity contribution < 1.29 is 22.7 Å². The van der Waals surface area contributed by atoms with E-state index in [1.54, 1.807) is 19.2 Å². The summed E-state index contributed by atoms with van der Waals surface area (Å²) in [5.74, 6) is 0.359. The van der Waals surface area contributed by atoms with Gasteiger partial charge in [0.2, 0.25) is 10.0 Å². The third kappa shape index (κ3) is 3.65. The maximum Gasteiger partial charge on any atom is 0.324 e. The number of fused-ring (bicyclic) bond motifs is 1. The first-order valence-electron chi connectivity index (χ1n) is 9.47. The van der Waals surface area contributed by atoms with Crippen molar-refractivity contribution in [2.24, 2.45) is 0 Å². The highest BCUT2D eigenvalue weighted by Gasteiger charge is 2.43. The van der Waals surface area contributed by atoms with Gasteiger partial charge in [0, 0.05) is 34.6 Å². The largest absolute Gasteiger partial charge is 0.468 e. The van der Waals surface area contributed by atoms with E-state index in [1.807, 2.05) is 12.1 Å². The summed E-state index contributed by atoms with van der Waals surface area (Å²) >= 11 is 1.42. The van der Waals surface area contributed by atoms with Gasteiger partial charge in [0.25, 0.3) is 0 Å². The number of aromatic nitrogens is 1. The Bertz CT molecular complexity index is 997. The minimum absolute atomic E-state index is 0.190. The number of anilines is 1. The van der Waals surface area contributed by atoms with Crippen LogP contribution in [0, 0.1) is 0 Å². The molecule has 29 heavy (non-hydrogen) atoms. The first-order valence-corrected chi connectivity index (χ1v) is 11.7. The molecule has 0 saturated carbocycles. The Hall–Kier alpha value is -2.01. The Kier molecular flexibility index (Phi) is 5.60. The second-order valence-corrected chi connectivity index (χ2v) is 9.90. The van der Waals surface area contributed by atoms with Crippen LogP contribution in [0.1, 0.15) is 18.2 Å². The molecule has 2 aromatic heterocycles. The van der Waals surface area contributed by atoms with Gasteiger partial charge in [-0.1, -0.05) is 6.92 Å². The summed E-state index contributed by atoms with van der Waals surface area (Å²) in [6.45, 7) is 4.98. The first kappa shape index (κ1) is 20.3. The molecule has 0 N–H and O–H groups in total. The van der Waals surface area contributed by atoms with Crippen LogP contribution in [-0.2, 0) is 30.8 Å². The number of methoxy groups -OCH3 is 1. The number of sulfonamides is 1. The van der Waals surface area contributed by atoms with E-state index in [4.69, 9.17) is 9.47 Å². The SMILES string of the molecule is CCC(C(=O)OC)N1Cc2sc(-c3ccc(N4CCOCC4)nc3)cc2S1(=O)=O.